The van der Waals surface area contributed by atoms with Crippen molar-refractivity contribution in [1.29, 1.82) is 0 Å². The zero-order chi connectivity index (χ0) is 13.0. The van der Waals surface area contributed by atoms with Crippen molar-refractivity contribution >= 4 is 23.4 Å². The van der Waals surface area contributed by atoms with E-state index in [4.69, 9.17) is 17.4 Å². The highest BCUT2D eigenvalue weighted by molar-refractivity contribution is 6.30. The second kappa shape index (κ2) is 5.66. The van der Waals surface area contributed by atoms with Gasteiger partial charge in [0.15, 0.2) is 0 Å². The van der Waals surface area contributed by atoms with Crippen molar-refractivity contribution in [2.24, 2.45) is 5.84 Å². The number of hydrazine groups is 1. The summed E-state index contributed by atoms with van der Waals surface area (Å²) in [5.41, 5.74) is 3.49. The fourth-order valence-corrected chi connectivity index (χ4v) is 1.79. The Morgan fingerprint density at radius 1 is 1.33 bits per heavy atom. The Hall–Kier alpha value is -1.85. The maximum Gasteiger partial charge on any atom is 0.239 e. The molecule has 0 spiro atoms. The Bertz CT molecular complexity index is 531. The van der Waals surface area contributed by atoms with Crippen LogP contribution in [0.1, 0.15) is 18.5 Å². The molecule has 0 saturated heterocycles. The van der Waals surface area contributed by atoms with Crippen LogP contribution in [0.2, 0.25) is 5.02 Å². The number of hydrogen-bond acceptors (Lipinski definition) is 5. The lowest BCUT2D eigenvalue weighted by Crippen LogP contribution is -2.13. The van der Waals surface area contributed by atoms with Gasteiger partial charge in [-0.15, -0.1) is 0 Å². The lowest BCUT2D eigenvalue weighted by molar-refractivity contribution is 0.872. The first-order valence-corrected chi connectivity index (χ1v) is 5.88. The van der Waals surface area contributed by atoms with E-state index in [1.165, 1.54) is 0 Å². The van der Waals surface area contributed by atoms with Crippen LogP contribution in [0, 0.1) is 0 Å². The molecule has 5 nitrogen and oxygen atoms in total. The van der Waals surface area contributed by atoms with Crippen molar-refractivity contribution in [2.75, 3.05) is 10.7 Å². The molecule has 0 bridgehead atoms. The topological polar surface area (TPSA) is 75.9 Å². The van der Waals surface area contributed by atoms with E-state index in [1.807, 2.05) is 31.2 Å². The number of nitrogen functional groups attached to an aromatic ring is 1. The average molecular weight is 264 g/mol. The largest absolute Gasteiger partial charge is 0.363 e. The number of aromatic nitrogens is 2. The van der Waals surface area contributed by atoms with E-state index >= 15 is 0 Å². The number of hydrogen-bond donors (Lipinski definition) is 3. The van der Waals surface area contributed by atoms with Gasteiger partial charge >= 0.3 is 0 Å². The zero-order valence-electron chi connectivity index (χ0n) is 9.89. The van der Waals surface area contributed by atoms with Gasteiger partial charge in [0.05, 0.1) is 0 Å². The summed E-state index contributed by atoms with van der Waals surface area (Å²) in [5.74, 6) is 6.33. The summed E-state index contributed by atoms with van der Waals surface area (Å²) in [6.07, 6.45) is 1.63. The fourth-order valence-electron chi connectivity index (χ4n) is 1.59. The lowest BCUT2D eigenvalue weighted by Gasteiger charge is -2.15. The number of halogens is 1. The third-order valence-corrected chi connectivity index (χ3v) is 2.73. The normalized spacial score (nSPS) is 11.9. The fraction of sp³-hybridized carbons (Fsp3) is 0.167. The minimum Gasteiger partial charge on any atom is -0.363 e. The van der Waals surface area contributed by atoms with Crippen LogP contribution in [0.3, 0.4) is 0 Å². The molecule has 1 heterocycles. The number of rotatable bonds is 4. The predicted molar refractivity (Wildman–Crippen MR) is 73.3 cm³/mol. The van der Waals surface area contributed by atoms with Gasteiger partial charge in [0.1, 0.15) is 5.82 Å². The third-order valence-electron chi connectivity index (χ3n) is 2.50. The molecule has 18 heavy (non-hydrogen) atoms. The molecule has 2 aromatic rings. The molecule has 1 atom stereocenters. The molecule has 0 fully saturated rings. The highest BCUT2D eigenvalue weighted by Gasteiger charge is 2.07. The first kappa shape index (κ1) is 12.6. The summed E-state index contributed by atoms with van der Waals surface area (Å²) < 4.78 is 0. The molecule has 6 heteroatoms. The highest BCUT2D eigenvalue weighted by Crippen LogP contribution is 2.20. The van der Waals surface area contributed by atoms with Gasteiger partial charge in [0, 0.05) is 17.3 Å². The summed E-state index contributed by atoms with van der Waals surface area (Å²) in [5, 5.41) is 3.97. The van der Waals surface area contributed by atoms with Gasteiger partial charge in [-0.05, 0) is 30.7 Å². The SMILES string of the molecule is CC(Nc1ccnc(NN)n1)c1cccc(Cl)c1. The van der Waals surface area contributed by atoms with Gasteiger partial charge in [-0.25, -0.2) is 10.8 Å². The Morgan fingerprint density at radius 2 is 2.17 bits per heavy atom. The number of nitrogens with two attached hydrogens (primary N) is 1. The van der Waals surface area contributed by atoms with Crippen molar-refractivity contribution in [3.63, 3.8) is 0 Å². The molecule has 0 saturated carbocycles. The van der Waals surface area contributed by atoms with Crippen molar-refractivity contribution in [3.05, 3.63) is 47.1 Å². The van der Waals surface area contributed by atoms with E-state index in [-0.39, 0.29) is 6.04 Å². The third kappa shape index (κ3) is 3.09. The number of anilines is 2. The van der Waals surface area contributed by atoms with Crippen LogP contribution in [0.4, 0.5) is 11.8 Å². The molecule has 0 radical (unpaired) electrons. The highest BCUT2D eigenvalue weighted by atomic mass is 35.5. The number of nitrogens with one attached hydrogen (secondary N) is 2. The molecule has 4 N–H and O–H groups in total. The van der Waals surface area contributed by atoms with Crippen molar-refractivity contribution in [2.45, 2.75) is 13.0 Å². The van der Waals surface area contributed by atoms with Gasteiger partial charge in [0.2, 0.25) is 5.95 Å². The van der Waals surface area contributed by atoms with Gasteiger partial charge < -0.3 is 5.32 Å². The Labute approximate surface area is 110 Å². The Balaban J connectivity index is 2.13. The first-order chi connectivity index (χ1) is 8.69. The van der Waals surface area contributed by atoms with E-state index in [0.29, 0.717) is 16.8 Å². The summed E-state index contributed by atoms with van der Waals surface area (Å²) >= 11 is 5.96. The lowest BCUT2D eigenvalue weighted by atomic mass is 10.1. The summed E-state index contributed by atoms with van der Waals surface area (Å²) in [6, 6.07) is 9.56. The van der Waals surface area contributed by atoms with E-state index in [2.05, 4.69) is 20.7 Å². The van der Waals surface area contributed by atoms with Crippen LogP contribution in [-0.2, 0) is 0 Å². The maximum atomic E-state index is 5.96. The van der Waals surface area contributed by atoms with Crippen molar-refractivity contribution in [3.8, 4) is 0 Å². The zero-order valence-corrected chi connectivity index (χ0v) is 10.6. The van der Waals surface area contributed by atoms with Crippen molar-refractivity contribution < 1.29 is 0 Å². The van der Waals surface area contributed by atoms with E-state index in [0.717, 1.165) is 5.56 Å². The molecular weight excluding hydrogens is 250 g/mol. The maximum absolute atomic E-state index is 5.96. The summed E-state index contributed by atoms with van der Waals surface area (Å²) in [4.78, 5) is 8.13. The second-order valence-corrected chi connectivity index (χ2v) is 4.27. The summed E-state index contributed by atoms with van der Waals surface area (Å²) in [7, 11) is 0. The first-order valence-electron chi connectivity index (χ1n) is 5.50. The molecule has 0 amide bonds. The van der Waals surface area contributed by atoms with Crippen molar-refractivity contribution in [1.82, 2.24) is 9.97 Å². The molecule has 94 valence electrons. The smallest absolute Gasteiger partial charge is 0.239 e. The average Bonchev–Trinajstić information content (AvgIpc) is 2.39. The van der Waals surface area contributed by atoms with E-state index in [1.54, 1.807) is 12.3 Å². The molecular formula is C12H14ClN5. The molecule has 0 aliphatic heterocycles. The molecule has 0 aliphatic rings. The minimum atomic E-state index is 0.0872. The Kier molecular flexibility index (Phi) is 3.96. The van der Waals surface area contributed by atoms with Gasteiger partial charge in [-0.1, -0.05) is 23.7 Å². The molecule has 1 aromatic carbocycles. The van der Waals surface area contributed by atoms with Gasteiger partial charge in [0.25, 0.3) is 0 Å². The van der Waals surface area contributed by atoms with Gasteiger partial charge in [-0.3, -0.25) is 5.43 Å². The Morgan fingerprint density at radius 3 is 2.89 bits per heavy atom. The minimum absolute atomic E-state index is 0.0872. The second-order valence-electron chi connectivity index (χ2n) is 3.83. The van der Waals surface area contributed by atoms with Crippen LogP contribution in [0.15, 0.2) is 36.5 Å². The molecule has 1 unspecified atom stereocenters. The van der Waals surface area contributed by atoms with Crippen LogP contribution in [-0.4, -0.2) is 9.97 Å². The molecule has 1 aromatic heterocycles. The van der Waals surface area contributed by atoms with Gasteiger partial charge in [-0.2, -0.15) is 4.98 Å². The van der Waals surface area contributed by atoms with E-state index < -0.39 is 0 Å². The molecule has 0 aliphatic carbocycles. The predicted octanol–water partition coefficient (Wildman–Crippen LogP) is 2.59. The van der Waals surface area contributed by atoms with Crippen LogP contribution in [0.25, 0.3) is 0 Å². The quantitative estimate of drug-likeness (QED) is 0.584. The van der Waals surface area contributed by atoms with E-state index in [9.17, 15) is 0 Å². The monoisotopic (exact) mass is 263 g/mol. The van der Waals surface area contributed by atoms with Crippen LogP contribution < -0.4 is 16.6 Å². The standard InChI is InChI=1S/C12H14ClN5/c1-8(9-3-2-4-10(13)7-9)16-11-5-6-15-12(17-11)18-14/h2-8H,14H2,1H3,(H2,15,16,17,18). The van der Waals surface area contributed by atoms with Crippen LogP contribution >= 0.6 is 11.6 Å². The van der Waals surface area contributed by atoms with Crippen LogP contribution in [0.5, 0.6) is 0 Å². The summed E-state index contributed by atoms with van der Waals surface area (Å²) in [6.45, 7) is 2.03. The number of nitrogens with zero attached hydrogens (tertiary/aromatic N) is 2. The molecule has 2 rings (SSSR count). The number of benzene rings is 1.